The molecule has 0 aliphatic heterocycles. The number of hydrogen-bond donors (Lipinski definition) is 0. The van der Waals surface area contributed by atoms with Crippen LogP contribution in [0.25, 0.3) is 0 Å². The van der Waals surface area contributed by atoms with Crippen molar-refractivity contribution >= 4 is 54.5 Å². The second-order valence-electron chi connectivity index (χ2n) is 0. The monoisotopic (exact) mass is 359 g/mol. The molecule has 29 valence electrons. The molecule has 5 heavy (non-hydrogen) atoms. The maximum absolute atomic E-state index is 0. The standard InChI is InChI=1S/Cu.S.Se.Sn.Zn/q;2*-2;+4;. The van der Waals surface area contributed by atoms with Crippen LogP contribution < -0.4 is 0 Å². The predicted octanol–water partition coefficient (Wildman–Crippen LogP) is -0.769. The van der Waals surface area contributed by atoms with Gasteiger partial charge in [0.1, 0.15) is 0 Å². The van der Waals surface area contributed by atoms with Gasteiger partial charge in [-0.3, -0.25) is 0 Å². The molecule has 0 nitrogen and oxygen atoms in total. The Bertz CT molecular complexity index is 11.6. The Morgan fingerprint density at radius 3 is 1.00 bits per heavy atom. The summed E-state index contributed by atoms with van der Waals surface area (Å²) in [6.07, 6.45) is 0. The Balaban J connectivity index is 0. The third kappa shape index (κ3) is 20.0. The van der Waals surface area contributed by atoms with Gasteiger partial charge < -0.3 is 30.6 Å². The largest absolute Gasteiger partial charge is 4.00 e. The van der Waals surface area contributed by atoms with Crippen LogP contribution in [0.2, 0.25) is 0 Å². The van der Waals surface area contributed by atoms with E-state index in [2.05, 4.69) is 0 Å². The molecular formula is CuSSeSnZn. The molecule has 0 saturated carbocycles. The fraction of sp³-hybridized carbons (Fsp3) is 0. The SMILES string of the molecule is [Cu].[S-2].[Se-2].[Sn+4].[Zn]. The van der Waals surface area contributed by atoms with Crippen LogP contribution in [0.3, 0.4) is 0 Å². The molecule has 0 aromatic carbocycles. The first-order valence-electron chi connectivity index (χ1n) is 0. The van der Waals surface area contributed by atoms with Gasteiger partial charge in [-0.1, -0.05) is 0 Å². The van der Waals surface area contributed by atoms with Crippen molar-refractivity contribution in [1.82, 2.24) is 0 Å². The van der Waals surface area contributed by atoms with Gasteiger partial charge in [0, 0.05) is 36.5 Å². The second-order valence-corrected chi connectivity index (χ2v) is 0. The Kier molecular flexibility index (Phi) is 267. The molecule has 0 fully saturated rings. The van der Waals surface area contributed by atoms with Gasteiger partial charge >= 0.3 is 23.9 Å². The second kappa shape index (κ2) is 29.1. The summed E-state index contributed by atoms with van der Waals surface area (Å²) in [5.41, 5.74) is 0. The van der Waals surface area contributed by atoms with Gasteiger partial charge in [0.25, 0.3) is 0 Å². The van der Waals surface area contributed by atoms with Crippen LogP contribution >= 0.6 is 0 Å². The van der Waals surface area contributed by atoms with Gasteiger partial charge in [-0.15, -0.1) is 0 Å². The Labute approximate surface area is 89.7 Å². The summed E-state index contributed by atoms with van der Waals surface area (Å²) in [6.45, 7) is 0. The Morgan fingerprint density at radius 2 is 1.00 bits per heavy atom. The van der Waals surface area contributed by atoms with Gasteiger partial charge in [0.2, 0.25) is 0 Å². The van der Waals surface area contributed by atoms with E-state index in [1.54, 1.807) is 0 Å². The zero-order valence-corrected chi connectivity index (χ0v) is 11.6. The molecule has 0 aromatic heterocycles. The van der Waals surface area contributed by atoms with Crippen molar-refractivity contribution in [2.75, 3.05) is 0 Å². The minimum absolute atomic E-state index is 0. The van der Waals surface area contributed by atoms with E-state index in [9.17, 15) is 0 Å². The normalized spacial score (nSPS) is 0. The van der Waals surface area contributed by atoms with E-state index >= 15 is 0 Å². The third-order valence-corrected chi connectivity index (χ3v) is 0. The van der Waals surface area contributed by atoms with Crippen molar-refractivity contribution in [3.63, 3.8) is 0 Å². The van der Waals surface area contributed by atoms with Crippen molar-refractivity contribution in [1.29, 1.82) is 0 Å². The minimum atomic E-state index is 0. The average Bonchev–Trinajstić information content (AvgIpc) is 0. The summed E-state index contributed by atoms with van der Waals surface area (Å²) in [5.74, 6) is 0. The zero-order valence-electron chi connectivity index (χ0n) is 2.33. The summed E-state index contributed by atoms with van der Waals surface area (Å²) < 4.78 is 0. The molecule has 0 spiro atoms. The van der Waals surface area contributed by atoms with E-state index < -0.39 is 0 Å². The Hall–Kier alpha value is 2.81. The van der Waals surface area contributed by atoms with Crippen molar-refractivity contribution in [3.8, 4) is 0 Å². The topological polar surface area (TPSA) is 0 Å². The average molecular weight is 359 g/mol. The third-order valence-electron chi connectivity index (χ3n) is 0. The number of hydrogen-bond acceptors (Lipinski definition) is 0. The molecule has 0 N–H and O–H groups in total. The molecule has 5 heteroatoms. The van der Waals surface area contributed by atoms with E-state index in [4.69, 9.17) is 0 Å². The molecule has 0 unspecified atom stereocenters. The van der Waals surface area contributed by atoms with E-state index in [0.29, 0.717) is 0 Å². The molecule has 0 saturated heterocycles. The van der Waals surface area contributed by atoms with Crippen LogP contribution in [0.5, 0.6) is 0 Å². The fourth-order valence-corrected chi connectivity index (χ4v) is 0. The minimum Gasteiger partial charge on any atom is -2.00 e. The van der Waals surface area contributed by atoms with Crippen molar-refractivity contribution in [2.24, 2.45) is 0 Å². The van der Waals surface area contributed by atoms with Crippen LogP contribution in [0.15, 0.2) is 0 Å². The van der Waals surface area contributed by atoms with Crippen molar-refractivity contribution in [2.45, 2.75) is 0 Å². The van der Waals surface area contributed by atoms with Gasteiger partial charge in [0.05, 0.1) is 0 Å². The van der Waals surface area contributed by atoms with Gasteiger partial charge in [-0.05, 0) is 0 Å². The number of rotatable bonds is 0. The quantitative estimate of drug-likeness (QED) is 0.499. The molecule has 0 heterocycles. The predicted molar refractivity (Wildman–Crippen MR) is 18.9 cm³/mol. The summed E-state index contributed by atoms with van der Waals surface area (Å²) in [5, 5.41) is 0. The van der Waals surface area contributed by atoms with E-state index in [0.717, 1.165) is 0 Å². The molecular weight excluding hydrogens is 359 g/mol. The van der Waals surface area contributed by atoms with Crippen LogP contribution in [-0.4, -0.2) is 41.0 Å². The zero-order chi connectivity index (χ0) is 0. The van der Waals surface area contributed by atoms with E-state index in [1.807, 2.05) is 0 Å². The fourth-order valence-electron chi connectivity index (χ4n) is 0. The van der Waals surface area contributed by atoms with Crippen LogP contribution in [-0.2, 0) is 50.0 Å². The van der Waals surface area contributed by atoms with Gasteiger partial charge in [0.15, 0.2) is 0 Å². The maximum atomic E-state index is 0. The molecule has 0 aliphatic carbocycles. The van der Waals surface area contributed by atoms with Crippen LogP contribution in [0, 0.1) is 0 Å². The van der Waals surface area contributed by atoms with Crippen molar-refractivity contribution < 1.29 is 36.5 Å². The van der Waals surface area contributed by atoms with E-state index in [1.165, 1.54) is 0 Å². The van der Waals surface area contributed by atoms with Crippen LogP contribution in [0.4, 0.5) is 0 Å². The van der Waals surface area contributed by atoms with Crippen LogP contribution in [0.1, 0.15) is 0 Å². The molecule has 0 aliphatic rings. The summed E-state index contributed by atoms with van der Waals surface area (Å²) in [6, 6.07) is 0. The molecule has 0 bridgehead atoms. The van der Waals surface area contributed by atoms with Gasteiger partial charge in [-0.25, -0.2) is 0 Å². The van der Waals surface area contributed by atoms with Gasteiger partial charge in [-0.2, -0.15) is 0 Å². The first-order chi connectivity index (χ1) is 0. The van der Waals surface area contributed by atoms with Crippen molar-refractivity contribution in [3.05, 3.63) is 0 Å². The van der Waals surface area contributed by atoms with E-state index in [-0.39, 0.29) is 91.0 Å². The molecule has 0 atom stereocenters. The molecule has 0 rings (SSSR count). The maximum Gasteiger partial charge on any atom is 4.00 e. The summed E-state index contributed by atoms with van der Waals surface area (Å²) in [7, 11) is 0. The first kappa shape index (κ1) is 45.9. The molecule has 0 aromatic rings. The Morgan fingerprint density at radius 1 is 1.00 bits per heavy atom. The first-order valence-corrected chi connectivity index (χ1v) is 0. The summed E-state index contributed by atoms with van der Waals surface area (Å²) in [4.78, 5) is 0. The smallest absolute Gasteiger partial charge is 2.00 e. The molecule has 0 amide bonds. The molecule has 1 radical (unpaired) electrons. The summed E-state index contributed by atoms with van der Waals surface area (Å²) >= 11 is 0.